The Bertz CT molecular complexity index is 730. The summed E-state index contributed by atoms with van der Waals surface area (Å²) in [4.78, 5) is 16.6. The number of nitrogens with one attached hydrogen (secondary N) is 1. The van der Waals surface area contributed by atoms with Gasteiger partial charge in [-0.2, -0.15) is 5.10 Å². The maximum absolute atomic E-state index is 12.2. The van der Waals surface area contributed by atoms with Crippen LogP contribution in [0.5, 0.6) is 0 Å². The quantitative estimate of drug-likeness (QED) is 0.516. The Morgan fingerprint density at radius 3 is 2.68 bits per heavy atom. The van der Waals surface area contributed by atoms with E-state index in [1.165, 1.54) is 0 Å². The first kappa shape index (κ1) is 15.9. The molecule has 0 aliphatic carbocycles. The summed E-state index contributed by atoms with van der Waals surface area (Å²) in [5, 5.41) is 12.3. The van der Waals surface area contributed by atoms with Gasteiger partial charge in [-0.25, -0.2) is 14.5 Å². The topological polar surface area (TPSA) is 94.3 Å². The molecule has 0 saturated heterocycles. The highest BCUT2D eigenvalue weighted by Crippen LogP contribution is 2.26. The molecule has 2 heterocycles. The van der Waals surface area contributed by atoms with Crippen molar-refractivity contribution < 1.29 is 9.53 Å². The summed E-state index contributed by atoms with van der Waals surface area (Å²) >= 11 is 0. The van der Waals surface area contributed by atoms with Gasteiger partial charge in [0, 0.05) is 12.3 Å². The highest BCUT2D eigenvalue weighted by atomic mass is 16.5. The summed E-state index contributed by atoms with van der Waals surface area (Å²) in [7, 11) is 0. The van der Waals surface area contributed by atoms with E-state index in [2.05, 4.69) is 25.8 Å². The third-order valence-corrected chi connectivity index (χ3v) is 3.00. The van der Waals surface area contributed by atoms with E-state index in [0.717, 1.165) is 5.71 Å². The standard InChI is InChI=1S/C14H20N6O2/c1-6-20-12-10(14(21)22-7-2)9(5)15-13(11(12)17-19-20)18-16-8(3)4/h6-7H2,1-5H3,(H,15,18). The lowest BCUT2D eigenvalue weighted by Gasteiger charge is -2.10. The fourth-order valence-corrected chi connectivity index (χ4v) is 2.08. The van der Waals surface area contributed by atoms with Crippen molar-refractivity contribution in [3.8, 4) is 0 Å². The second kappa shape index (κ2) is 6.50. The smallest absolute Gasteiger partial charge is 0.342 e. The minimum Gasteiger partial charge on any atom is -0.462 e. The van der Waals surface area contributed by atoms with Crippen molar-refractivity contribution in [2.24, 2.45) is 5.10 Å². The molecular formula is C14H20N6O2. The predicted molar refractivity (Wildman–Crippen MR) is 84.1 cm³/mol. The minimum atomic E-state index is -0.420. The van der Waals surface area contributed by atoms with Crippen molar-refractivity contribution in [1.82, 2.24) is 20.0 Å². The van der Waals surface area contributed by atoms with Crippen molar-refractivity contribution in [2.75, 3.05) is 12.0 Å². The van der Waals surface area contributed by atoms with E-state index in [0.29, 0.717) is 41.3 Å². The number of rotatable bonds is 5. The number of carbonyl (C=O) groups is 1. The number of aromatic nitrogens is 4. The third kappa shape index (κ3) is 2.90. The molecule has 0 spiro atoms. The van der Waals surface area contributed by atoms with Crippen LogP contribution in [0.2, 0.25) is 0 Å². The van der Waals surface area contributed by atoms with Gasteiger partial charge >= 0.3 is 5.97 Å². The van der Waals surface area contributed by atoms with Crippen LogP contribution in [0.3, 0.4) is 0 Å². The number of carbonyl (C=O) groups excluding carboxylic acids is 1. The van der Waals surface area contributed by atoms with Gasteiger partial charge < -0.3 is 4.74 Å². The number of pyridine rings is 1. The maximum atomic E-state index is 12.2. The largest absolute Gasteiger partial charge is 0.462 e. The van der Waals surface area contributed by atoms with Crippen LogP contribution in [0.4, 0.5) is 5.82 Å². The predicted octanol–water partition coefficient (Wildman–Crippen LogP) is 2.14. The van der Waals surface area contributed by atoms with E-state index < -0.39 is 5.97 Å². The summed E-state index contributed by atoms with van der Waals surface area (Å²) in [5.41, 5.74) is 5.78. The first-order valence-corrected chi connectivity index (χ1v) is 7.17. The molecule has 0 fully saturated rings. The second-order valence-corrected chi connectivity index (χ2v) is 4.91. The number of hydrogen-bond donors (Lipinski definition) is 1. The van der Waals surface area contributed by atoms with Gasteiger partial charge in [-0.3, -0.25) is 5.43 Å². The molecule has 1 N–H and O–H groups in total. The highest BCUT2D eigenvalue weighted by molar-refractivity contribution is 6.05. The molecule has 8 nitrogen and oxygen atoms in total. The van der Waals surface area contributed by atoms with Gasteiger partial charge in [0.2, 0.25) is 0 Å². The fourth-order valence-electron chi connectivity index (χ4n) is 2.08. The van der Waals surface area contributed by atoms with Gasteiger partial charge in [-0.1, -0.05) is 5.21 Å². The zero-order valence-electron chi connectivity index (χ0n) is 13.5. The molecule has 0 atom stereocenters. The van der Waals surface area contributed by atoms with Crippen LogP contribution in [0.25, 0.3) is 11.0 Å². The third-order valence-electron chi connectivity index (χ3n) is 3.00. The summed E-state index contributed by atoms with van der Waals surface area (Å²) in [5.74, 6) is 0.0534. The monoisotopic (exact) mass is 304 g/mol. The van der Waals surface area contributed by atoms with Gasteiger partial charge in [-0.05, 0) is 34.6 Å². The van der Waals surface area contributed by atoms with Crippen LogP contribution in [0.15, 0.2) is 5.10 Å². The lowest BCUT2D eigenvalue weighted by Crippen LogP contribution is -2.12. The zero-order chi connectivity index (χ0) is 16.3. The van der Waals surface area contributed by atoms with E-state index in [9.17, 15) is 4.79 Å². The number of hydrogen-bond acceptors (Lipinski definition) is 7. The van der Waals surface area contributed by atoms with Crippen LogP contribution < -0.4 is 5.43 Å². The second-order valence-electron chi connectivity index (χ2n) is 4.91. The minimum absolute atomic E-state index is 0.298. The van der Waals surface area contributed by atoms with Gasteiger partial charge in [0.15, 0.2) is 11.3 Å². The molecule has 0 aromatic carbocycles. The average Bonchev–Trinajstić information content (AvgIpc) is 2.88. The first-order chi connectivity index (χ1) is 10.5. The molecule has 0 saturated carbocycles. The molecule has 2 aromatic heterocycles. The normalized spacial score (nSPS) is 10.6. The first-order valence-electron chi connectivity index (χ1n) is 7.17. The Hall–Kier alpha value is -2.51. The van der Waals surface area contributed by atoms with Gasteiger partial charge in [-0.15, -0.1) is 5.10 Å². The highest BCUT2D eigenvalue weighted by Gasteiger charge is 2.23. The Kier molecular flexibility index (Phi) is 4.69. The molecule has 0 unspecified atom stereocenters. The van der Waals surface area contributed by atoms with Gasteiger partial charge in [0.1, 0.15) is 11.1 Å². The van der Waals surface area contributed by atoms with E-state index in [4.69, 9.17) is 4.74 Å². The van der Waals surface area contributed by atoms with E-state index in [1.807, 2.05) is 20.8 Å². The van der Waals surface area contributed by atoms with Crippen molar-refractivity contribution >= 4 is 28.5 Å². The maximum Gasteiger partial charge on any atom is 0.342 e. The van der Waals surface area contributed by atoms with E-state index in [1.54, 1.807) is 18.5 Å². The lowest BCUT2D eigenvalue weighted by atomic mass is 10.1. The molecule has 118 valence electrons. The summed E-state index contributed by atoms with van der Waals surface area (Å²) in [6, 6.07) is 0. The molecule has 2 rings (SSSR count). The average molecular weight is 304 g/mol. The van der Waals surface area contributed by atoms with Gasteiger partial charge in [0.25, 0.3) is 0 Å². The van der Waals surface area contributed by atoms with Crippen molar-refractivity contribution in [3.05, 3.63) is 11.3 Å². The number of hydrazone groups is 1. The number of aryl methyl sites for hydroxylation is 2. The Labute approximate surface area is 128 Å². The molecule has 0 bridgehead atoms. The van der Waals surface area contributed by atoms with Crippen LogP contribution in [-0.4, -0.2) is 38.3 Å². The Morgan fingerprint density at radius 2 is 2.09 bits per heavy atom. The van der Waals surface area contributed by atoms with Crippen molar-refractivity contribution in [3.63, 3.8) is 0 Å². The number of nitrogens with zero attached hydrogens (tertiary/aromatic N) is 5. The number of fused-ring (bicyclic) bond motifs is 1. The fraction of sp³-hybridized carbons (Fsp3) is 0.500. The van der Waals surface area contributed by atoms with E-state index in [-0.39, 0.29) is 0 Å². The van der Waals surface area contributed by atoms with Crippen LogP contribution >= 0.6 is 0 Å². The van der Waals surface area contributed by atoms with Crippen molar-refractivity contribution in [1.29, 1.82) is 0 Å². The summed E-state index contributed by atoms with van der Waals surface area (Å²) in [6.45, 7) is 10.1. The number of esters is 1. The molecule has 2 aromatic rings. The Balaban J connectivity index is 2.68. The lowest BCUT2D eigenvalue weighted by molar-refractivity contribution is 0.0527. The molecule has 0 amide bonds. The molecule has 0 aliphatic heterocycles. The SMILES string of the molecule is CCOC(=O)c1c(C)nc(NN=C(C)C)c2nnn(CC)c12. The van der Waals surface area contributed by atoms with E-state index >= 15 is 0 Å². The number of ether oxygens (including phenoxy) is 1. The summed E-state index contributed by atoms with van der Waals surface area (Å²) in [6.07, 6.45) is 0. The molecule has 0 radical (unpaired) electrons. The van der Waals surface area contributed by atoms with Crippen LogP contribution in [0, 0.1) is 6.92 Å². The number of anilines is 1. The zero-order valence-corrected chi connectivity index (χ0v) is 13.5. The molecular weight excluding hydrogens is 284 g/mol. The van der Waals surface area contributed by atoms with Crippen LogP contribution in [-0.2, 0) is 11.3 Å². The van der Waals surface area contributed by atoms with Crippen molar-refractivity contribution in [2.45, 2.75) is 41.2 Å². The van der Waals surface area contributed by atoms with Crippen LogP contribution in [0.1, 0.15) is 43.7 Å². The molecule has 22 heavy (non-hydrogen) atoms. The Morgan fingerprint density at radius 1 is 1.36 bits per heavy atom. The van der Waals surface area contributed by atoms with Gasteiger partial charge in [0.05, 0.1) is 12.3 Å². The molecule has 8 heteroatoms. The molecule has 0 aliphatic rings. The summed E-state index contributed by atoms with van der Waals surface area (Å²) < 4.78 is 6.78.